The number of aliphatic hydroxyl groups is 1. The Labute approximate surface area is 131 Å². The van der Waals surface area contributed by atoms with Gasteiger partial charge < -0.3 is 10.4 Å². The summed E-state index contributed by atoms with van der Waals surface area (Å²) in [5.74, 6) is 2.55. The third-order valence-corrected chi connectivity index (χ3v) is 5.27. The number of hydrogen-bond donors (Lipinski definition) is 2. The highest BCUT2D eigenvalue weighted by atomic mass is 35.5. The lowest BCUT2D eigenvalue weighted by atomic mass is 9.95. The molecule has 0 spiro atoms. The molecule has 2 N–H and O–H groups in total. The van der Waals surface area contributed by atoms with E-state index in [2.05, 4.69) is 31.3 Å². The van der Waals surface area contributed by atoms with Crippen LogP contribution in [-0.4, -0.2) is 29.0 Å². The monoisotopic (exact) mass is 313 g/mol. The van der Waals surface area contributed by atoms with Gasteiger partial charge in [0.2, 0.25) is 0 Å². The first kappa shape index (κ1) is 16.2. The highest BCUT2D eigenvalue weighted by Gasteiger charge is 2.44. The molecule has 20 heavy (non-hydrogen) atoms. The van der Waals surface area contributed by atoms with Gasteiger partial charge in [0, 0.05) is 22.6 Å². The van der Waals surface area contributed by atoms with Gasteiger partial charge in [-0.25, -0.2) is 0 Å². The molecule has 0 bridgehead atoms. The van der Waals surface area contributed by atoms with E-state index in [1.54, 1.807) is 0 Å². The van der Waals surface area contributed by atoms with E-state index in [-0.39, 0.29) is 12.1 Å². The standard InChI is InChI=1S/C16H24ClNOS/c1-12(2)18-16(10-19,14-5-6-14)11-20-9-13-3-7-15(17)8-4-13/h3-4,7-8,12,14,18-19H,5-6,9-11H2,1-2H3. The van der Waals surface area contributed by atoms with Crippen molar-refractivity contribution < 1.29 is 5.11 Å². The average molecular weight is 314 g/mol. The van der Waals surface area contributed by atoms with E-state index in [0.717, 1.165) is 16.5 Å². The van der Waals surface area contributed by atoms with Crippen LogP contribution >= 0.6 is 23.4 Å². The van der Waals surface area contributed by atoms with Crippen molar-refractivity contribution in [3.8, 4) is 0 Å². The van der Waals surface area contributed by atoms with E-state index in [1.807, 2.05) is 23.9 Å². The first-order valence-corrected chi connectivity index (χ1v) is 8.80. The predicted octanol–water partition coefficient (Wildman–Crippen LogP) is 3.71. The van der Waals surface area contributed by atoms with Gasteiger partial charge in [-0.15, -0.1) is 0 Å². The van der Waals surface area contributed by atoms with Gasteiger partial charge in [-0.3, -0.25) is 0 Å². The molecule has 112 valence electrons. The summed E-state index contributed by atoms with van der Waals surface area (Å²) in [6.45, 7) is 4.52. The fraction of sp³-hybridized carbons (Fsp3) is 0.625. The van der Waals surface area contributed by atoms with E-state index in [1.165, 1.54) is 18.4 Å². The lowest BCUT2D eigenvalue weighted by Crippen LogP contribution is -2.55. The Morgan fingerprint density at radius 3 is 2.50 bits per heavy atom. The maximum absolute atomic E-state index is 9.88. The van der Waals surface area contributed by atoms with E-state index in [4.69, 9.17) is 11.6 Å². The minimum Gasteiger partial charge on any atom is -0.394 e. The molecule has 1 atom stereocenters. The average Bonchev–Trinajstić information content (AvgIpc) is 3.24. The van der Waals surface area contributed by atoms with E-state index in [0.29, 0.717) is 12.0 Å². The minimum atomic E-state index is -0.106. The number of rotatable bonds is 8. The number of aliphatic hydroxyl groups excluding tert-OH is 1. The van der Waals surface area contributed by atoms with Gasteiger partial charge in [0.1, 0.15) is 0 Å². The molecule has 0 radical (unpaired) electrons. The Bertz CT molecular complexity index is 419. The van der Waals surface area contributed by atoms with Gasteiger partial charge in [0.25, 0.3) is 0 Å². The van der Waals surface area contributed by atoms with Crippen molar-refractivity contribution in [2.75, 3.05) is 12.4 Å². The quantitative estimate of drug-likeness (QED) is 0.767. The van der Waals surface area contributed by atoms with Crippen LogP contribution in [0.3, 0.4) is 0 Å². The summed E-state index contributed by atoms with van der Waals surface area (Å²) in [7, 11) is 0. The minimum absolute atomic E-state index is 0.106. The SMILES string of the molecule is CC(C)NC(CO)(CSCc1ccc(Cl)cc1)C1CC1. The topological polar surface area (TPSA) is 32.3 Å². The number of thioether (sulfide) groups is 1. The molecule has 0 aromatic heterocycles. The summed E-state index contributed by atoms with van der Waals surface area (Å²) in [5, 5.41) is 14.3. The highest BCUT2D eigenvalue weighted by molar-refractivity contribution is 7.98. The maximum Gasteiger partial charge on any atom is 0.0624 e. The lowest BCUT2D eigenvalue weighted by Gasteiger charge is -2.35. The zero-order chi connectivity index (χ0) is 14.6. The number of hydrogen-bond acceptors (Lipinski definition) is 3. The van der Waals surface area contributed by atoms with Crippen LogP contribution in [0.5, 0.6) is 0 Å². The summed E-state index contributed by atoms with van der Waals surface area (Å²) in [4.78, 5) is 0. The maximum atomic E-state index is 9.88. The predicted molar refractivity (Wildman–Crippen MR) is 88.4 cm³/mol. The third kappa shape index (κ3) is 4.39. The molecule has 1 aliphatic carbocycles. The number of nitrogens with one attached hydrogen (secondary N) is 1. The van der Waals surface area contributed by atoms with Gasteiger partial charge in [-0.1, -0.05) is 37.6 Å². The Hall–Kier alpha value is -0.220. The summed E-state index contributed by atoms with van der Waals surface area (Å²) in [6, 6.07) is 8.42. The lowest BCUT2D eigenvalue weighted by molar-refractivity contribution is 0.150. The highest BCUT2D eigenvalue weighted by Crippen LogP contribution is 2.41. The Morgan fingerprint density at radius 2 is 2.00 bits per heavy atom. The Balaban J connectivity index is 1.90. The van der Waals surface area contributed by atoms with Crippen LogP contribution in [-0.2, 0) is 5.75 Å². The first-order valence-electron chi connectivity index (χ1n) is 7.26. The van der Waals surface area contributed by atoms with E-state index in [9.17, 15) is 5.11 Å². The molecule has 0 aliphatic heterocycles. The third-order valence-electron chi connectivity index (χ3n) is 3.76. The molecule has 2 rings (SSSR count). The van der Waals surface area contributed by atoms with Crippen molar-refractivity contribution in [3.63, 3.8) is 0 Å². The molecule has 0 heterocycles. The smallest absolute Gasteiger partial charge is 0.0624 e. The number of benzene rings is 1. The van der Waals surface area contributed by atoms with E-state index < -0.39 is 0 Å². The second-order valence-electron chi connectivity index (χ2n) is 6.01. The van der Waals surface area contributed by atoms with Crippen LogP contribution in [0.25, 0.3) is 0 Å². The van der Waals surface area contributed by atoms with Crippen molar-refractivity contribution in [1.29, 1.82) is 0 Å². The van der Waals surface area contributed by atoms with E-state index >= 15 is 0 Å². The van der Waals surface area contributed by atoms with Crippen molar-refractivity contribution in [3.05, 3.63) is 34.9 Å². The summed E-state index contributed by atoms with van der Waals surface area (Å²) >= 11 is 7.79. The van der Waals surface area contributed by atoms with Crippen molar-refractivity contribution in [1.82, 2.24) is 5.32 Å². The Morgan fingerprint density at radius 1 is 1.35 bits per heavy atom. The van der Waals surface area contributed by atoms with Crippen LogP contribution < -0.4 is 5.32 Å². The van der Waals surface area contributed by atoms with Crippen LogP contribution in [0, 0.1) is 5.92 Å². The van der Waals surface area contributed by atoms with Gasteiger partial charge in [-0.2, -0.15) is 11.8 Å². The van der Waals surface area contributed by atoms with Crippen molar-refractivity contribution >= 4 is 23.4 Å². The molecule has 1 aromatic carbocycles. The molecule has 1 unspecified atom stereocenters. The fourth-order valence-corrected chi connectivity index (χ4v) is 4.07. The first-order chi connectivity index (χ1) is 9.55. The van der Waals surface area contributed by atoms with Crippen molar-refractivity contribution in [2.24, 2.45) is 5.92 Å². The normalized spacial score (nSPS) is 18.2. The molecule has 2 nitrogen and oxygen atoms in total. The number of halogens is 1. The van der Waals surface area contributed by atoms with Gasteiger partial charge in [-0.05, 0) is 36.5 Å². The van der Waals surface area contributed by atoms with Crippen LogP contribution in [0.2, 0.25) is 5.02 Å². The molecule has 1 aliphatic rings. The zero-order valence-corrected chi connectivity index (χ0v) is 13.8. The molecule has 4 heteroatoms. The Kier molecular flexibility index (Phi) is 5.79. The molecule has 1 fully saturated rings. The van der Waals surface area contributed by atoms with Crippen molar-refractivity contribution in [2.45, 2.75) is 44.0 Å². The molecular weight excluding hydrogens is 290 g/mol. The largest absolute Gasteiger partial charge is 0.394 e. The fourth-order valence-electron chi connectivity index (χ4n) is 2.64. The summed E-state index contributed by atoms with van der Waals surface area (Å²) < 4.78 is 0. The summed E-state index contributed by atoms with van der Waals surface area (Å²) in [6.07, 6.45) is 2.48. The van der Waals surface area contributed by atoms with Gasteiger partial charge in [0.05, 0.1) is 12.1 Å². The van der Waals surface area contributed by atoms with Gasteiger partial charge >= 0.3 is 0 Å². The van der Waals surface area contributed by atoms with Crippen LogP contribution in [0.15, 0.2) is 24.3 Å². The zero-order valence-electron chi connectivity index (χ0n) is 12.2. The van der Waals surface area contributed by atoms with Crippen LogP contribution in [0.4, 0.5) is 0 Å². The molecular formula is C16H24ClNOS. The molecule has 1 aromatic rings. The molecule has 0 saturated heterocycles. The van der Waals surface area contributed by atoms with Gasteiger partial charge in [0.15, 0.2) is 0 Å². The summed E-state index contributed by atoms with van der Waals surface area (Å²) in [5.41, 5.74) is 1.18. The second-order valence-corrected chi connectivity index (χ2v) is 7.43. The second kappa shape index (κ2) is 7.17. The molecule has 0 amide bonds. The molecule has 1 saturated carbocycles. The van der Waals surface area contributed by atoms with Crippen LogP contribution in [0.1, 0.15) is 32.3 Å².